The third kappa shape index (κ3) is 6.88. The van der Waals surface area contributed by atoms with Gasteiger partial charge in [-0.15, -0.1) is 0 Å². The number of hydrogen-bond acceptors (Lipinski definition) is 6. The molecule has 1 fully saturated rings. The Morgan fingerprint density at radius 3 is 2.55 bits per heavy atom. The van der Waals surface area contributed by atoms with Crippen LogP contribution in [0.25, 0.3) is 10.9 Å². The first-order valence-corrected chi connectivity index (χ1v) is 14.4. The van der Waals surface area contributed by atoms with Crippen molar-refractivity contribution in [2.24, 2.45) is 0 Å². The van der Waals surface area contributed by atoms with Crippen molar-refractivity contribution in [2.75, 3.05) is 69.1 Å². The van der Waals surface area contributed by atoms with Gasteiger partial charge in [-0.25, -0.2) is 14.2 Å². The quantitative estimate of drug-likeness (QED) is 0.238. The fourth-order valence-corrected chi connectivity index (χ4v) is 5.48. The van der Waals surface area contributed by atoms with E-state index in [0.29, 0.717) is 24.2 Å². The molecule has 5 rings (SSSR count). The van der Waals surface area contributed by atoms with E-state index in [4.69, 9.17) is 4.74 Å². The third-order valence-electron chi connectivity index (χ3n) is 7.77. The molecule has 1 unspecified atom stereocenters. The number of nitrogens with zero attached hydrogens (tertiary/aromatic N) is 4. The summed E-state index contributed by atoms with van der Waals surface area (Å²) in [6, 6.07) is 15.3. The maximum absolute atomic E-state index is 13.7. The van der Waals surface area contributed by atoms with Crippen molar-refractivity contribution in [3.63, 3.8) is 0 Å². The van der Waals surface area contributed by atoms with Crippen LogP contribution in [0.15, 0.2) is 60.8 Å². The van der Waals surface area contributed by atoms with Crippen LogP contribution in [-0.2, 0) is 11.2 Å². The average Bonchev–Trinajstić information content (AvgIpc) is 3.37. The number of para-hydroxylation sites is 1. The van der Waals surface area contributed by atoms with Gasteiger partial charge in [0.25, 0.3) is 5.91 Å². The summed E-state index contributed by atoms with van der Waals surface area (Å²) in [5.41, 5.74) is 7.74. The summed E-state index contributed by atoms with van der Waals surface area (Å²) >= 11 is 0. The van der Waals surface area contributed by atoms with Gasteiger partial charge in [0.15, 0.2) is 0 Å². The van der Waals surface area contributed by atoms with Gasteiger partial charge in [-0.2, -0.15) is 9.89 Å². The average molecular weight is 577 g/mol. The number of ether oxygens (including phenoxy) is 1. The molecule has 1 saturated heterocycles. The molecular formula is C32H38F2N6O2. The van der Waals surface area contributed by atoms with Crippen LogP contribution in [0.3, 0.4) is 0 Å². The predicted octanol–water partition coefficient (Wildman–Crippen LogP) is 5.24. The van der Waals surface area contributed by atoms with E-state index in [2.05, 4.69) is 32.7 Å². The van der Waals surface area contributed by atoms with Crippen LogP contribution in [-0.4, -0.2) is 74.2 Å². The van der Waals surface area contributed by atoms with Gasteiger partial charge in [0, 0.05) is 57.9 Å². The number of anilines is 2. The number of likely N-dealkylation sites (N-methyl/N-ethyl adjacent to an activating group) is 1. The van der Waals surface area contributed by atoms with Gasteiger partial charge in [0.1, 0.15) is 11.6 Å². The van der Waals surface area contributed by atoms with Crippen molar-refractivity contribution in [1.82, 2.24) is 14.8 Å². The topological polar surface area (TPSA) is 74.7 Å². The lowest BCUT2D eigenvalue weighted by atomic mass is 9.93. The van der Waals surface area contributed by atoms with Gasteiger partial charge in [0.2, 0.25) is 0 Å². The highest BCUT2D eigenvalue weighted by molar-refractivity contribution is 6.07. The van der Waals surface area contributed by atoms with Crippen LogP contribution < -0.4 is 15.6 Å². The second-order valence-electron chi connectivity index (χ2n) is 11.0. The number of nitrogens with one attached hydrogen (secondary N) is 2. The molecule has 3 aromatic carbocycles. The molecule has 0 bridgehead atoms. The molecule has 1 atom stereocenters. The minimum Gasteiger partial charge on any atom is -0.385 e. The Hall–Kier alpha value is -4.02. The molecule has 1 aliphatic heterocycles. The zero-order chi connectivity index (χ0) is 29.6. The second-order valence-corrected chi connectivity index (χ2v) is 11.0. The fraction of sp³-hybridized carbons (Fsp3) is 0.375. The second kappa shape index (κ2) is 13.3. The van der Waals surface area contributed by atoms with E-state index in [0.717, 1.165) is 73.1 Å². The van der Waals surface area contributed by atoms with Gasteiger partial charge in [-0.3, -0.25) is 4.79 Å². The maximum atomic E-state index is 13.7. The Morgan fingerprint density at radius 2 is 1.81 bits per heavy atom. The molecule has 2 heterocycles. The van der Waals surface area contributed by atoms with Crippen LogP contribution in [0, 0.1) is 11.6 Å². The summed E-state index contributed by atoms with van der Waals surface area (Å²) in [5, 5.41) is 8.81. The number of piperazine rings is 1. The molecule has 0 radical (unpaired) electrons. The molecule has 0 spiro atoms. The number of methoxy groups -OCH3 is 1. The van der Waals surface area contributed by atoms with Gasteiger partial charge in [0.05, 0.1) is 28.7 Å². The summed E-state index contributed by atoms with van der Waals surface area (Å²) < 4.78 is 32.5. The lowest BCUT2D eigenvalue weighted by molar-refractivity contribution is 0.101. The van der Waals surface area contributed by atoms with E-state index < -0.39 is 11.6 Å². The Morgan fingerprint density at radius 1 is 1.05 bits per heavy atom. The zero-order valence-corrected chi connectivity index (χ0v) is 24.4. The predicted molar refractivity (Wildman–Crippen MR) is 163 cm³/mol. The molecule has 1 amide bonds. The van der Waals surface area contributed by atoms with Gasteiger partial charge in [-0.05, 0) is 73.3 Å². The van der Waals surface area contributed by atoms with Crippen molar-refractivity contribution in [3.05, 3.63) is 89.1 Å². The molecule has 10 heteroatoms. The third-order valence-corrected chi connectivity index (χ3v) is 7.77. The van der Waals surface area contributed by atoms with E-state index in [-0.39, 0.29) is 11.8 Å². The molecule has 1 aromatic heterocycles. The number of halogens is 2. The largest absolute Gasteiger partial charge is 0.385 e. The van der Waals surface area contributed by atoms with E-state index in [1.54, 1.807) is 13.3 Å². The summed E-state index contributed by atoms with van der Waals surface area (Å²) in [7, 11) is 3.80. The molecule has 2 N–H and O–H groups in total. The molecule has 222 valence electrons. The molecule has 42 heavy (non-hydrogen) atoms. The van der Waals surface area contributed by atoms with Crippen molar-refractivity contribution >= 4 is 28.2 Å². The summed E-state index contributed by atoms with van der Waals surface area (Å²) in [6.45, 7) is 6.89. The maximum Gasteiger partial charge on any atom is 0.273 e. The monoisotopic (exact) mass is 576 g/mol. The molecular weight excluding hydrogens is 538 g/mol. The Labute approximate surface area is 245 Å². The van der Waals surface area contributed by atoms with Crippen LogP contribution in [0.1, 0.15) is 40.7 Å². The number of aromatic nitrogens is 2. The lowest BCUT2D eigenvalue weighted by Crippen LogP contribution is -2.45. The smallest absolute Gasteiger partial charge is 0.273 e. The highest BCUT2D eigenvalue weighted by Crippen LogP contribution is 2.32. The first-order valence-electron chi connectivity index (χ1n) is 14.4. The van der Waals surface area contributed by atoms with Crippen molar-refractivity contribution < 1.29 is 18.3 Å². The number of fused-ring (bicyclic) bond motifs is 1. The number of rotatable bonds is 11. The lowest BCUT2D eigenvalue weighted by Gasteiger charge is -2.36. The molecule has 4 aromatic rings. The van der Waals surface area contributed by atoms with E-state index in [9.17, 15) is 13.6 Å². The summed E-state index contributed by atoms with van der Waals surface area (Å²) in [6.07, 6.45) is 3.06. The van der Waals surface area contributed by atoms with Crippen molar-refractivity contribution in [3.8, 4) is 0 Å². The van der Waals surface area contributed by atoms with Gasteiger partial charge in [-0.1, -0.05) is 19.1 Å². The molecule has 8 nitrogen and oxygen atoms in total. The summed E-state index contributed by atoms with van der Waals surface area (Å²) in [5.74, 6) is -1.38. The summed E-state index contributed by atoms with van der Waals surface area (Å²) in [4.78, 5) is 19.8. The highest BCUT2D eigenvalue weighted by Gasteiger charge is 2.24. The number of carbonyl (C=O) groups excluding carboxylic acids is 1. The Bertz CT molecular complexity index is 1510. The highest BCUT2D eigenvalue weighted by atomic mass is 19.1. The van der Waals surface area contributed by atoms with Gasteiger partial charge < -0.3 is 19.9 Å². The van der Waals surface area contributed by atoms with E-state index >= 15 is 0 Å². The van der Waals surface area contributed by atoms with E-state index in [1.165, 1.54) is 16.9 Å². The van der Waals surface area contributed by atoms with Crippen LogP contribution in [0.2, 0.25) is 0 Å². The SMILES string of the molecule is COCCCNc1cccc(C(=O)Nn2ncc3cc(C(C)Cc4cc(F)cc(F)c4)ccc32)c1N1CCN(C)CC1. The first kappa shape index (κ1) is 29.5. The minimum absolute atomic E-state index is 0.0267. The van der Waals surface area contributed by atoms with Crippen molar-refractivity contribution in [1.29, 1.82) is 0 Å². The molecule has 1 aliphatic rings. The zero-order valence-electron chi connectivity index (χ0n) is 24.4. The van der Waals surface area contributed by atoms with E-state index in [1.807, 2.05) is 43.3 Å². The molecule has 0 saturated carbocycles. The molecule has 0 aliphatic carbocycles. The minimum atomic E-state index is -0.576. The van der Waals surface area contributed by atoms with Crippen LogP contribution >= 0.6 is 0 Å². The fourth-order valence-electron chi connectivity index (χ4n) is 5.48. The number of carbonyl (C=O) groups is 1. The first-order chi connectivity index (χ1) is 20.3. The Balaban J connectivity index is 1.36. The standard InChI is InChI=1S/C32H38F2N6O2/c1-22(16-23-17-26(33)20-27(34)18-23)24-8-9-30-25(19-24)21-36-40(30)37-32(41)28-6-4-7-29(35-10-5-15-42-3)31(28)39-13-11-38(2)12-14-39/h4,6-9,17-22,35H,5,10-16H2,1-3H3,(H,37,41). The number of hydrogen-bond donors (Lipinski definition) is 2. The van der Waals surface area contributed by atoms with Crippen LogP contribution in [0.4, 0.5) is 20.2 Å². The van der Waals surface area contributed by atoms with Crippen molar-refractivity contribution in [2.45, 2.75) is 25.7 Å². The number of amides is 1. The van der Waals surface area contributed by atoms with Crippen LogP contribution in [0.5, 0.6) is 0 Å². The number of benzene rings is 3. The Kier molecular flexibility index (Phi) is 9.34. The van der Waals surface area contributed by atoms with Gasteiger partial charge >= 0.3 is 0 Å². The normalized spacial score (nSPS) is 14.7.